The summed E-state index contributed by atoms with van der Waals surface area (Å²) in [5.74, 6) is 0.353. The molecule has 1 aromatic heterocycles. The van der Waals surface area contributed by atoms with Gasteiger partial charge in [0.05, 0.1) is 28.3 Å². The summed E-state index contributed by atoms with van der Waals surface area (Å²) in [6.07, 6.45) is 0.622. The molecule has 0 radical (unpaired) electrons. The van der Waals surface area contributed by atoms with Crippen molar-refractivity contribution < 1.29 is 9.66 Å². The van der Waals surface area contributed by atoms with E-state index >= 15 is 0 Å². The zero-order valence-corrected chi connectivity index (χ0v) is 12.9. The minimum atomic E-state index is -0.406. The fourth-order valence-electron chi connectivity index (χ4n) is 2.51. The van der Waals surface area contributed by atoms with Crippen LogP contribution in [0.1, 0.15) is 16.8 Å². The largest absolute Gasteiger partial charge is 0.382 e. The molecule has 7 nitrogen and oxygen atoms in total. The van der Waals surface area contributed by atoms with E-state index in [0.29, 0.717) is 35.6 Å². The summed E-state index contributed by atoms with van der Waals surface area (Å²) in [4.78, 5) is 11.0. The van der Waals surface area contributed by atoms with E-state index in [1.165, 1.54) is 6.07 Å². The lowest BCUT2D eigenvalue weighted by Gasteiger charge is -2.15. The molecule has 3 rings (SSSR count). The van der Waals surface area contributed by atoms with Gasteiger partial charge in [-0.3, -0.25) is 10.1 Å². The quantitative estimate of drug-likeness (QED) is 0.661. The molecule has 110 valence electrons. The number of hydrogen-bond donors (Lipinski definition) is 1. The van der Waals surface area contributed by atoms with Crippen molar-refractivity contribution in [3.8, 4) is 5.69 Å². The fourth-order valence-corrected chi connectivity index (χ4v) is 3.24. The van der Waals surface area contributed by atoms with Crippen molar-refractivity contribution >= 4 is 27.4 Å². The van der Waals surface area contributed by atoms with Crippen LogP contribution in [0.2, 0.25) is 0 Å². The van der Waals surface area contributed by atoms with Crippen LogP contribution in [0.3, 0.4) is 0 Å². The number of hydrogen-bond acceptors (Lipinski definition) is 5. The third-order valence-electron chi connectivity index (χ3n) is 3.45. The number of rotatable bonds is 2. The van der Waals surface area contributed by atoms with Crippen LogP contribution in [0.4, 0.5) is 11.5 Å². The van der Waals surface area contributed by atoms with Crippen LogP contribution in [0.5, 0.6) is 0 Å². The number of fused-ring (bicyclic) bond motifs is 1. The van der Waals surface area contributed by atoms with E-state index in [9.17, 15) is 10.1 Å². The number of ether oxygens (including phenoxy) is 1. The van der Waals surface area contributed by atoms with E-state index < -0.39 is 4.92 Å². The maximum atomic E-state index is 11.4. The molecule has 1 aliphatic heterocycles. The van der Waals surface area contributed by atoms with Crippen LogP contribution in [-0.4, -0.2) is 21.3 Å². The second-order valence-electron chi connectivity index (χ2n) is 4.90. The molecule has 0 spiro atoms. The average Bonchev–Trinajstić information content (AvgIpc) is 2.76. The molecule has 0 unspecified atom stereocenters. The summed E-state index contributed by atoms with van der Waals surface area (Å²) < 4.78 is 7.56. The van der Waals surface area contributed by atoms with Crippen molar-refractivity contribution in [1.82, 2.24) is 9.78 Å². The molecule has 0 bridgehead atoms. The first-order valence-electron chi connectivity index (χ1n) is 6.38. The molecule has 0 saturated heterocycles. The smallest absolute Gasteiger partial charge is 0.296 e. The third kappa shape index (κ3) is 2.30. The Morgan fingerprint density at radius 1 is 1.52 bits per heavy atom. The normalized spacial score (nSPS) is 14.0. The third-order valence-corrected chi connectivity index (χ3v) is 4.05. The van der Waals surface area contributed by atoms with Gasteiger partial charge in [0, 0.05) is 18.1 Å². The van der Waals surface area contributed by atoms with E-state index in [-0.39, 0.29) is 5.69 Å². The van der Waals surface area contributed by atoms with Gasteiger partial charge in [0.15, 0.2) is 11.5 Å². The zero-order chi connectivity index (χ0) is 15.1. The Kier molecular flexibility index (Phi) is 3.42. The monoisotopic (exact) mass is 352 g/mol. The second-order valence-corrected chi connectivity index (χ2v) is 5.75. The van der Waals surface area contributed by atoms with Crippen molar-refractivity contribution in [1.29, 1.82) is 0 Å². The minimum absolute atomic E-state index is 0.00123. The summed E-state index contributed by atoms with van der Waals surface area (Å²) in [6.45, 7) is 2.75. The van der Waals surface area contributed by atoms with Crippen LogP contribution in [-0.2, 0) is 17.8 Å². The van der Waals surface area contributed by atoms with Crippen LogP contribution in [0.15, 0.2) is 16.6 Å². The number of nitro benzene ring substituents is 1. The van der Waals surface area contributed by atoms with Gasteiger partial charge in [-0.05, 0) is 34.5 Å². The summed E-state index contributed by atoms with van der Waals surface area (Å²) in [6, 6.07) is 3.36. The molecule has 0 aliphatic carbocycles. The van der Waals surface area contributed by atoms with Gasteiger partial charge < -0.3 is 10.5 Å². The highest BCUT2D eigenvalue weighted by Gasteiger charge is 2.27. The number of anilines is 1. The van der Waals surface area contributed by atoms with Crippen molar-refractivity contribution in [3.63, 3.8) is 0 Å². The summed E-state index contributed by atoms with van der Waals surface area (Å²) in [5, 5.41) is 15.6. The molecule has 21 heavy (non-hydrogen) atoms. The molecule has 0 amide bonds. The predicted octanol–water partition coefficient (Wildman–Crippen LogP) is 2.51. The van der Waals surface area contributed by atoms with Gasteiger partial charge in [-0.25, -0.2) is 4.68 Å². The number of benzene rings is 1. The molecular weight excluding hydrogens is 340 g/mol. The van der Waals surface area contributed by atoms with E-state index in [2.05, 4.69) is 21.0 Å². The Labute approximate surface area is 129 Å². The standard InChI is InChI=1S/C13H13BrN4O3/c1-7-4-9(14)12(11(5-7)18(19)20)17-10-2-3-21-6-8(10)13(15)16-17/h4-5H,2-3,6H2,1H3,(H2,15,16). The van der Waals surface area contributed by atoms with Crippen LogP contribution >= 0.6 is 15.9 Å². The van der Waals surface area contributed by atoms with E-state index in [1.807, 2.05) is 13.0 Å². The van der Waals surface area contributed by atoms with Crippen LogP contribution in [0.25, 0.3) is 5.69 Å². The first-order valence-corrected chi connectivity index (χ1v) is 7.17. The lowest BCUT2D eigenvalue weighted by atomic mass is 10.1. The van der Waals surface area contributed by atoms with Crippen molar-refractivity contribution in [2.24, 2.45) is 0 Å². The molecule has 2 heterocycles. The maximum Gasteiger partial charge on any atom is 0.296 e. The molecule has 2 aromatic rings. The van der Waals surface area contributed by atoms with Crippen LogP contribution in [0, 0.1) is 17.0 Å². The van der Waals surface area contributed by atoms with Crippen LogP contribution < -0.4 is 5.73 Å². The number of halogens is 1. The van der Waals surface area contributed by atoms with E-state index in [4.69, 9.17) is 10.5 Å². The lowest BCUT2D eigenvalue weighted by Crippen LogP contribution is -2.14. The average molecular weight is 353 g/mol. The van der Waals surface area contributed by atoms with E-state index in [1.54, 1.807) is 4.68 Å². The summed E-state index contributed by atoms with van der Waals surface area (Å²) in [7, 11) is 0. The van der Waals surface area contributed by atoms with Gasteiger partial charge in [-0.2, -0.15) is 0 Å². The minimum Gasteiger partial charge on any atom is -0.382 e. The van der Waals surface area contributed by atoms with Gasteiger partial charge >= 0.3 is 0 Å². The van der Waals surface area contributed by atoms with Gasteiger partial charge in [-0.1, -0.05) is 0 Å². The SMILES string of the molecule is Cc1cc(Br)c(-n2nc(N)c3c2CCOC3)c([N+](=O)[O-])c1. The maximum absolute atomic E-state index is 11.4. The van der Waals surface area contributed by atoms with Crippen molar-refractivity contribution in [3.05, 3.63) is 43.5 Å². The highest BCUT2D eigenvalue weighted by Crippen LogP contribution is 2.35. The molecule has 0 fully saturated rings. The Morgan fingerprint density at radius 3 is 3.00 bits per heavy atom. The van der Waals surface area contributed by atoms with Gasteiger partial charge in [0.2, 0.25) is 0 Å². The molecule has 2 N–H and O–H groups in total. The molecular formula is C13H13BrN4O3. The Hall–Kier alpha value is -1.93. The predicted molar refractivity (Wildman–Crippen MR) is 80.4 cm³/mol. The lowest BCUT2D eigenvalue weighted by molar-refractivity contribution is -0.384. The number of nitro groups is 1. The van der Waals surface area contributed by atoms with Gasteiger partial charge in [0.25, 0.3) is 5.69 Å². The number of aromatic nitrogens is 2. The summed E-state index contributed by atoms with van der Waals surface area (Å²) in [5.41, 5.74) is 8.79. The number of nitrogen functional groups attached to an aromatic ring is 1. The molecule has 0 saturated carbocycles. The molecule has 0 atom stereocenters. The second kappa shape index (κ2) is 5.12. The molecule has 8 heteroatoms. The van der Waals surface area contributed by atoms with E-state index in [0.717, 1.165) is 16.8 Å². The number of nitrogens with zero attached hydrogens (tertiary/aromatic N) is 3. The van der Waals surface area contributed by atoms with Crippen molar-refractivity contribution in [2.45, 2.75) is 20.0 Å². The van der Waals surface area contributed by atoms with Gasteiger partial charge in [-0.15, -0.1) is 5.10 Å². The summed E-state index contributed by atoms with van der Waals surface area (Å²) >= 11 is 3.40. The first kappa shape index (κ1) is 14.0. The number of aryl methyl sites for hydroxylation is 1. The van der Waals surface area contributed by atoms with Crippen molar-refractivity contribution in [2.75, 3.05) is 12.3 Å². The van der Waals surface area contributed by atoms with Gasteiger partial charge in [0.1, 0.15) is 0 Å². The molecule has 1 aliphatic rings. The Bertz CT molecular complexity index is 742. The topological polar surface area (TPSA) is 96.2 Å². The highest BCUT2D eigenvalue weighted by atomic mass is 79.9. The first-order chi connectivity index (χ1) is 9.99. The Morgan fingerprint density at radius 2 is 2.29 bits per heavy atom. The number of nitrogens with two attached hydrogens (primary N) is 1. The zero-order valence-electron chi connectivity index (χ0n) is 11.3. The fraction of sp³-hybridized carbons (Fsp3) is 0.308. The molecule has 1 aromatic carbocycles. The highest BCUT2D eigenvalue weighted by molar-refractivity contribution is 9.10. The Balaban J connectivity index is 2.28.